The van der Waals surface area contributed by atoms with Crippen LogP contribution >= 0.6 is 12.4 Å². The van der Waals surface area contributed by atoms with Crippen LogP contribution in [0.25, 0.3) is 38.8 Å². The van der Waals surface area contributed by atoms with Crippen molar-refractivity contribution >= 4 is 45.4 Å². The van der Waals surface area contributed by atoms with Crippen LogP contribution in [0.1, 0.15) is 11.1 Å². The average Bonchev–Trinajstić information content (AvgIpc) is 3.39. The highest BCUT2D eigenvalue weighted by molar-refractivity contribution is 6.01. The molecule has 0 unspecified atom stereocenters. The Morgan fingerprint density at radius 1 is 0.750 bits per heavy atom. The molecule has 176 valence electrons. The van der Waals surface area contributed by atoms with E-state index in [1.807, 2.05) is 42.5 Å². The normalized spacial score (nSPS) is 11.3. The monoisotopic (exact) mass is 492 g/mol. The Hall–Kier alpha value is -4.49. The number of nitrogens with zero attached hydrogens (tertiary/aromatic N) is 6. The number of aromatic nitrogens is 6. The number of pyridine rings is 1. The zero-order valence-corrected chi connectivity index (χ0v) is 20.0. The molecule has 8 heteroatoms. The lowest BCUT2D eigenvalue weighted by Gasteiger charge is -2.11. The summed E-state index contributed by atoms with van der Waals surface area (Å²) in [6.07, 6.45) is 3.30. The second kappa shape index (κ2) is 8.94. The Labute approximate surface area is 212 Å². The molecule has 0 saturated heterocycles. The second-order valence-corrected chi connectivity index (χ2v) is 8.51. The van der Waals surface area contributed by atoms with E-state index in [0.717, 1.165) is 44.4 Å². The van der Waals surface area contributed by atoms with Crippen LogP contribution in [0.3, 0.4) is 0 Å². The molecule has 2 bridgehead atoms. The lowest BCUT2D eigenvalue weighted by Crippen LogP contribution is -2.05. The molecule has 0 N–H and O–H groups in total. The minimum absolute atomic E-state index is 0. The first-order valence-corrected chi connectivity index (χ1v) is 11.5. The smallest absolute Gasteiger partial charge is 0.214 e. The molecular formula is C28H21ClN6O. The number of benzene rings is 3. The van der Waals surface area contributed by atoms with E-state index in [4.69, 9.17) is 9.84 Å². The van der Waals surface area contributed by atoms with Crippen molar-refractivity contribution in [3.05, 3.63) is 109 Å². The van der Waals surface area contributed by atoms with Crippen molar-refractivity contribution in [3.8, 4) is 11.7 Å². The topological polar surface area (TPSA) is 70.7 Å². The molecule has 7 aromatic rings. The van der Waals surface area contributed by atoms with Gasteiger partial charge in [0.1, 0.15) is 18.8 Å². The molecule has 0 aliphatic carbocycles. The summed E-state index contributed by atoms with van der Waals surface area (Å²) in [5, 5.41) is 6.95. The van der Waals surface area contributed by atoms with Crippen LogP contribution < -0.4 is 4.74 Å². The predicted octanol–water partition coefficient (Wildman–Crippen LogP) is 5.81. The summed E-state index contributed by atoms with van der Waals surface area (Å²) >= 11 is 0. The summed E-state index contributed by atoms with van der Waals surface area (Å²) in [4.78, 5) is 13.6. The largest absolute Gasteiger partial charge is 0.473 e. The van der Waals surface area contributed by atoms with Gasteiger partial charge < -0.3 is 4.74 Å². The maximum absolute atomic E-state index is 5.99. The van der Waals surface area contributed by atoms with E-state index in [0.29, 0.717) is 19.0 Å². The quantitative estimate of drug-likeness (QED) is 0.293. The van der Waals surface area contributed by atoms with Gasteiger partial charge >= 0.3 is 0 Å². The number of hydrogen-bond donors (Lipinski definition) is 0. The van der Waals surface area contributed by atoms with Gasteiger partial charge in [-0.25, -0.2) is 15.0 Å². The minimum Gasteiger partial charge on any atom is -0.473 e. The van der Waals surface area contributed by atoms with Crippen molar-refractivity contribution < 1.29 is 4.74 Å². The maximum atomic E-state index is 5.99. The summed E-state index contributed by atoms with van der Waals surface area (Å²) in [7, 11) is 0. The summed E-state index contributed by atoms with van der Waals surface area (Å²) in [5.41, 5.74) is 6.05. The molecule has 0 radical (unpaired) electrons. The van der Waals surface area contributed by atoms with Gasteiger partial charge in [-0.2, -0.15) is 5.10 Å². The van der Waals surface area contributed by atoms with E-state index in [-0.39, 0.29) is 12.4 Å². The molecule has 0 amide bonds. The first-order chi connectivity index (χ1) is 17.3. The molecule has 3 aromatic carbocycles. The minimum atomic E-state index is 0. The van der Waals surface area contributed by atoms with Crippen molar-refractivity contribution in [2.45, 2.75) is 13.2 Å². The highest BCUT2D eigenvalue weighted by atomic mass is 35.5. The molecule has 0 atom stereocenters. The van der Waals surface area contributed by atoms with E-state index in [1.54, 1.807) is 12.5 Å². The van der Waals surface area contributed by atoms with Gasteiger partial charge in [-0.1, -0.05) is 60.7 Å². The number of halogens is 1. The van der Waals surface area contributed by atoms with Crippen LogP contribution in [0.2, 0.25) is 0 Å². The van der Waals surface area contributed by atoms with Gasteiger partial charge in [0.25, 0.3) is 0 Å². The molecule has 7 nitrogen and oxygen atoms in total. The van der Waals surface area contributed by atoms with Crippen molar-refractivity contribution in [2.24, 2.45) is 0 Å². The Kier molecular flexibility index (Phi) is 5.47. The number of ether oxygens (including phenoxy) is 1. The molecule has 0 fully saturated rings. The van der Waals surface area contributed by atoms with Crippen molar-refractivity contribution in [3.63, 3.8) is 0 Å². The first kappa shape index (κ1) is 22.0. The van der Waals surface area contributed by atoms with Gasteiger partial charge in [0.15, 0.2) is 5.65 Å². The second-order valence-electron chi connectivity index (χ2n) is 8.51. The standard InChI is InChI=1S/C28H20N6O.ClH/c1-3-7-19(8-4-1)16-33-25-12-11-21-13-23(25)28(32-33)34(21)27-22-14-26(29-15-24(22)30-18-31-27)35-17-20-9-5-2-6-10-20;/h1-15,18H,16-17H2;1H. The molecule has 0 saturated carbocycles. The summed E-state index contributed by atoms with van der Waals surface area (Å²) in [6, 6.07) is 28.7. The third-order valence-electron chi connectivity index (χ3n) is 6.28. The number of hydrogen-bond acceptors (Lipinski definition) is 5. The van der Waals surface area contributed by atoms with Crippen LogP contribution in [0.4, 0.5) is 0 Å². The zero-order chi connectivity index (χ0) is 23.2. The van der Waals surface area contributed by atoms with E-state index in [1.165, 1.54) is 5.56 Å². The van der Waals surface area contributed by atoms with Gasteiger partial charge in [0.05, 0.1) is 34.7 Å². The Morgan fingerprint density at radius 2 is 1.53 bits per heavy atom. The highest BCUT2D eigenvalue weighted by Crippen LogP contribution is 2.33. The maximum Gasteiger partial charge on any atom is 0.214 e. The van der Waals surface area contributed by atoms with Gasteiger partial charge in [0, 0.05) is 11.5 Å². The van der Waals surface area contributed by atoms with Crippen LogP contribution in [0.15, 0.2) is 97.5 Å². The summed E-state index contributed by atoms with van der Waals surface area (Å²) < 4.78 is 10.1. The van der Waals surface area contributed by atoms with Crippen LogP contribution in [0, 0.1) is 0 Å². The predicted molar refractivity (Wildman–Crippen MR) is 142 cm³/mol. The molecule has 0 aliphatic rings. The SMILES string of the molecule is Cl.c1ccc(COc2cc3c(-n4c5ccc6c(c5)c4nn6Cc4ccccc4)ncnc3cn2)cc1. The first-order valence-electron chi connectivity index (χ1n) is 11.5. The third kappa shape index (κ3) is 3.70. The van der Waals surface area contributed by atoms with E-state index < -0.39 is 0 Å². The fourth-order valence-corrected chi connectivity index (χ4v) is 4.59. The van der Waals surface area contributed by atoms with Gasteiger partial charge in [0.2, 0.25) is 5.88 Å². The Balaban J connectivity index is 0.00000240. The fourth-order valence-electron chi connectivity index (χ4n) is 4.59. The molecule has 4 heterocycles. The third-order valence-corrected chi connectivity index (χ3v) is 6.28. The van der Waals surface area contributed by atoms with Crippen molar-refractivity contribution in [1.29, 1.82) is 0 Å². The van der Waals surface area contributed by atoms with Crippen LogP contribution in [-0.2, 0) is 13.2 Å². The highest BCUT2D eigenvalue weighted by Gasteiger charge is 2.20. The fraction of sp³-hybridized carbons (Fsp3) is 0.0714. The average molecular weight is 493 g/mol. The van der Waals surface area contributed by atoms with Gasteiger partial charge in [-0.15, -0.1) is 12.4 Å². The van der Waals surface area contributed by atoms with E-state index in [2.05, 4.69) is 66.7 Å². The molecule has 0 spiro atoms. The molecular weight excluding hydrogens is 472 g/mol. The zero-order valence-electron chi connectivity index (χ0n) is 19.2. The van der Waals surface area contributed by atoms with E-state index >= 15 is 0 Å². The van der Waals surface area contributed by atoms with Gasteiger partial charge in [-0.3, -0.25) is 9.25 Å². The van der Waals surface area contributed by atoms with Crippen molar-refractivity contribution in [2.75, 3.05) is 0 Å². The van der Waals surface area contributed by atoms with E-state index in [9.17, 15) is 0 Å². The Morgan fingerprint density at radius 3 is 2.33 bits per heavy atom. The number of rotatable bonds is 6. The number of fused-ring (bicyclic) bond motifs is 2. The molecule has 36 heavy (non-hydrogen) atoms. The van der Waals surface area contributed by atoms with Crippen LogP contribution in [0.5, 0.6) is 5.88 Å². The molecule has 0 aliphatic heterocycles. The Bertz CT molecular complexity index is 1780. The molecule has 7 rings (SSSR count). The summed E-state index contributed by atoms with van der Waals surface area (Å²) in [6.45, 7) is 1.15. The van der Waals surface area contributed by atoms with Crippen molar-refractivity contribution in [1.82, 2.24) is 29.3 Å². The lowest BCUT2D eigenvalue weighted by molar-refractivity contribution is 0.294. The van der Waals surface area contributed by atoms with Gasteiger partial charge in [-0.05, 0) is 29.3 Å². The lowest BCUT2D eigenvalue weighted by atomic mass is 10.2. The van der Waals surface area contributed by atoms with Crippen LogP contribution in [-0.4, -0.2) is 29.3 Å². The molecule has 4 aromatic heterocycles. The summed E-state index contributed by atoms with van der Waals surface area (Å²) in [5.74, 6) is 1.29.